The number of carboxylic acid groups (broad SMARTS) is 1. The van der Waals surface area contributed by atoms with Crippen molar-refractivity contribution in [3.63, 3.8) is 0 Å². The Bertz CT molecular complexity index is 136. The zero-order chi connectivity index (χ0) is 7.56. The van der Waals surface area contributed by atoms with Crippen molar-refractivity contribution in [3.05, 3.63) is 0 Å². The van der Waals surface area contributed by atoms with Crippen molar-refractivity contribution in [2.45, 2.75) is 38.3 Å². The molecule has 1 rings (SSSR count). The number of halogens is 1. The standard InChI is InChI=1S/C7H13NO2.ClH/c1-5(7(9)10)8-6-3-2-4-6;/h5-6,8H,2-4H2,1H3,(H,9,10);1H/t5-;/m0./s1. The molecular weight excluding hydrogens is 166 g/mol. The molecule has 3 nitrogen and oxygen atoms in total. The highest BCUT2D eigenvalue weighted by atomic mass is 35.5. The average molecular weight is 180 g/mol. The minimum absolute atomic E-state index is 0. The highest BCUT2D eigenvalue weighted by Crippen LogP contribution is 2.18. The predicted molar refractivity (Wildman–Crippen MR) is 45.1 cm³/mol. The van der Waals surface area contributed by atoms with Crippen molar-refractivity contribution in [2.75, 3.05) is 0 Å². The van der Waals surface area contributed by atoms with E-state index in [0.29, 0.717) is 6.04 Å². The highest BCUT2D eigenvalue weighted by molar-refractivity contribution is 5.85. The summed E-state index contributed by atoms with van der Waals surface area (Å²) in [7, 11) is 0. The molecular formula is C7H14ClNO2. The molecule has 0 aromatic carbocycles. The summed E-state index contributed by atoms with van der Waals surface area (Å²) in [5.74, 6) is -0.757. The van der Waals surface area contributed by atoms with Crippen molar-refractivity contribution >= 4 is 18.4 Å². The Morgan fingerprint density at radius 3 is 2.45 bits per heavy atom. The van der Waals surface area contributed by atoms with E-state index in [-0.39, 0.29) is 18.4 Å². The largest absolute Gasteiger partial charge is 0.480 e. The fraction of sp³-hybridized carbons (Fsp3) is 0.857. The van der Waals surface area contributed by atoms with Gasteiger partial charge in [-0.2, -0.15) is 0 Å². The number of rotatable bonds is 3. The van der Waals surface area contributed by atoms with Gasteiger partial charge in [-0.05, 0) is 19.8 Å². The van der Waals surface area contributed by atoms with Crippen molar-refractivity contribution in [3.8, 4) is 0 Å². The Kier molecular flexibility index (Phi) is 4.45. The minimum atomic E-state index is -0.757. The van der Waals surface area contributed by atoms with Crippen LogP contribution in [0.15, 0.2) is 0 Å². The molecule has 1 aliphatic rings. The van der Waals surface area contributed by atoms with Crippen LogP contribution in [0.5, 0.6) is 0 Å². The first kappa shape index (κ1) is 10.7. The van der Waals surface area contributed by atoms with Gasteiger partial charge < -0.3 is 10.4 Å². The third-order valence-electron chi connectivity index (χ3n) is 1.96. The summed E-state index contributed by atoms with van der Waals surface area (Å²) in [5, 5.41) is 11.5. The van der Waals surface area contributed by atoms with Crippen LogP contribution >= 0.6 is 12.4 Å². The van der Waals surface area contributed by atoms with Gasteiger partial charge in [-0.3, -0.25) is 4.79 Å². The van der Waals surface area contributed by atoms with Gasteiger partial charge in [0.2, 0.25) is 0 Å². The Morgan fingerprint density at radius 1 is 1.64 bits per heavy atom. The Balaban J connectivity index is 0.000001000. The molecule has 0 heterocycles. The van der Waals surface area contributed by atoms with Crippen LogP contribution in [-0.4, -0.2) is 23.2 Å². The molecule has 0 aromatic rings. The molecule has 0 spiro atoms. The topological polar surface area (TPSA) is 49.3 Å². The maximum absolute atomic E-state index is 10.3. The summed E-state index contributed by atoms with van der Waals surface area (Å²) in [4.78, 5) is 10.3. The lowest BCUT2D eigenvalue weighted by Gasteiger charge is -2.28. The average Bonchev–Trinajstić information content (AvgIpc) is 1.77. The van der Waals surface area contributed by atoms with Crippen LogP contribution < -0.4 is 5.32 Å². The van der Waals surface area contributed by atoms with Crippen LogP contribution in [0.25, 0.3) is 0 Å². The van der Waals surface area contributed by atoms with Crippen molar-refractivity contribution in [1.29, 1.82) is 0 Å². The van der Waals surface area contributed by atoms with E-state index in [1.165, 1.54) is 6.42 Å². The molecule has 1 fully saturated rings. The second-order valence-electron chi connectivity index (χ2n) is 2.85. The van der Waals surface area contributed by atoms with Crippen LogP contribution in [0.1, 0.15) is 26.2 Å². The molecule has 1 atom stereocenters. The fourth-order valence-electron chi connectivity index (χ4n) is 1.000. The van der Waals surface area contributed by atoms with Crippen LogP contribution in [0, 0.1) is 0 Å². The first-order valence-corrected chi connectivity index (χ1v) is 3.69. The predicted octanol–water partition coefficient (Wildman–Crippen LogP) is 1.02. The number of carboxylic acids is 1. The second-order valence-corrected chi connectivity index (χ2v) is 2.85. The lowest BCUT2D eigenvalue weighted by Crippen LogP contribution is -2.44. The monoisotopic (exact) mass is 179 g/mol. The molecule has 2 N–H and O–H groups in total. The van der Waals surface area contributed by atoms with E-state index < -0.39 is 5.97 Å². The van der Waals surface area contributed by atoms with E-state index in [4.69, 9.17) is 5.11 Å². The molecule has 4 heteroatoms. The molecule has 0 aromatic heterocycles. The molecule has 0 unspecified atom stereocenters. The van der Waals surface area contributed by atoms with Crippen LogP contribution in [-0.2, 0) is 4.79 Å². The quantitative estimate of drug-likeness (QED) is 0.680. The van der Waals surface area contributed by atoms with Gasteiger partial charge in [-0.1, -0.05) is 6.42 Å². The number of aliphatic carboxylic acids is 1. The summed E-state index contributed by atoms with van der Waals surface area (Å²) < 4.78 is 0. The minimum Gasteiger partial charge on any atom is -0.480 e. The van der Waals surface area contributed by atoms with Gasteiger partial charge in [0.05, 0.1) is 0 Å². The molecule has 0 saturated heterocycles. The van der Waals surface area contributed by atoms with Gasteiger partial charge in [-0.15, -0.1) is 12.4 Å². The number of hydrogen-bond acceptors (Lipinski definition) is 2. The van der Waals surface area contributed by atoms with Gasteiger partial charge in [0.1, 0.15) is 6.04 Å². The molecule has 66 valence electrons. The fourth-order valence-corrected chi connectivity index (χ4v) is 1.000. The van der Waals surface area contributed by atoms with Gasteiger partial charge in [0, 0.05) is 6.04 Å². The van der Waals surface area contributed by atoms with E-state index >= 15 is 0 Å². The van der Waals surface area contributed by atoms with Crippen LogP contribution in [0.3, 0.4) is 0 Å². The zero-order valence-electron chi connectivity index (χ0n) is 6.54. The number of nitrogens with one attached hydrogen (secondary N) is 1. The Morgan fingerprint density at radius 2 is 2.18 bits per heavy atom. The highest BCUT2D eigenvalue weighted by Gasteiger charge is 2.21. The van der Waals surface area contributed by atoms with Gasteiger partial charge in [-0.25, -0.2) is 0 Å². The second kappa shape index (κ2) is 4.57. The van der Waals surface area contributed by atoms with E-state index in [0.717, 1.165) is 12.8 Å². The number of carbonyl (C=O) groups is 1. The van der Waals surface area contributed by atoms with E-state index in [9.17, 15) is 4.79 Å². The van der Waals surface area contributed by atoms with Crippen LogP contribution in [0.2, 0.25) is 0 Å². The molecule has 0 bridgehead atoms. The maximum Gasteiger partial charge on any atom is 0.320 e. The normalized spacial score (nSPS) is 19.7. The van der Waals surface area contributed by atoms with Gasteiger partial charge in [0.15, 0.2) is 0 Å². The summed E-state index contributed by atoms with van der Waals surface area (Å²) in [6, 6.07) is 0.0800. The lowest BCUT2D eigenvalue weighted by atomic mass is 9.92. The summed E-state index contributed by atoms with van der Waals surface area (Å²) in [6.07, 6.45) is 3.51. The smallest absolute Gasteiger partial charge is 0.320 e. The molecule has 1 aliphatic carbocycles. The van der Waals surface area contributed by atoms with Crippen molar-refractivity contribution in [2.24, 2.45) is 0 Å². The first-order chi connectivity index (χ1) is 4.70. The Labute approximate surface area is 72.6 Å². The summed E-state index contributed by atoms with van der Waals surface area (Å²) in [6.45, 7) is 1.68. The lowest BCUT2D eigenvalue weighted by molar-refractivity contribution is -0.139. The summed E-state index contributed by atoms with van der Waals surface area (Å²) >= 11 is 0. The summed E-state index contributed by atoms with van der Waals surface area (Å²) in [5.41, 5.74) is 0. The molecule has 0 aliphatic heterocycles. The van der Waals surface area contributed by atoms with E-state index in [1.807, 2.05) is 0 Å². The molecule has 11 heavy (non-hydrogen) atoms. The molecule has 1 saturated carbocycles. The van der Waals surface area contributed by atoms with E-state index in [2.05, 4.69) is 5.32 Å². The van der Waals surface area contributed by atoms with E-state index in [1.54, 1.807) is 6.92 Å². The Hall–Kier alpha value is -0.280. The SMILES string of the molecule is C[C@H](NC1CCC1)C(=O)O.Cl. The van der Waals surface area contributed by atoms with Gasteiger partial charge >= 0.3 is 5.97 Å². The van der Waals surface area contributed by atoms with Crippen LogP contribution in [0.4, 0.5) is 0 Å². The third kappa shape index (κ3) is 3.08. The molecule has 0 amide bonds. The maximum atomic E-state index is 10.3. The van der Waals surface area contributed by atoms with Crippen molar-refractivity contribution in [1.82, 2.24) is 5.32 Å². The molecule has 0 radical (unpaired) electrons. The first-order valence-electron chi connectivity index (χ1n) is 3.69. The zero-order valence-corrected chi connectivity index (χ0v) is 7.36. The number of hydrogen-bond donors (Lipinski definition) is 2. The van der Waals surface area contributed by atoms with Crippen molar-refractivity contribution < 1.29 is 9.90 Å². The van der Waals surface area contributed by atoms with Gasteiger partial charge in [0.25, 0.3) is 0 Å². The third-order valence-corrected chi connectivity index (χ3v) is 1.96.